The number of ketones is 1. The normalized spacial score (nSPS) is 20.6. The van der Waals surface area contributed by atoms with Gasteiger partial charge in [-0.1, -0.05) is 35.9 Å². The molecule has 21 heavy (non-hydrogen) atoms. The smallest absolute Gasteiger partial charge is 0.201 e. The highest BCUT2D eigenvalue weighted by atomic mass is 35.5. The Morgan fingerprint density at radius 3 is 2.67 bits per heavy atom. The predicted octanol–water partition coefficient (Wildman–Crippen LogP) is 4.20. The number of para-hydroxylation sites is 2. The quantitative estimate of drug-likeness (QED) is 0.736. The van der Waals surface area contributed by atoms with Gasteiger partial charge in [0, 0.05) is 10.9 Å². The summed E-state index contributed by atoms with van der Waals surface area (Å²) in [5.74, 6) is 0.901. The van der Waals surface area contributed by atoms with E-state index in [1.807, 2.05) is 48.5 Å². The highest BCUT2D eigenvalue weighted by Gasteiger charge is 2.45. The third-order valence-corrected chi connectivity index (χ3v) is 4.30. The molecule has 3 aromatic rings. The van der Waals surface area contributed by atoms with Crippen molar-refractivity contribution in [3.05, 3.63) is 64.9 Å². The van der Waals surface area contributed by atoms with E-state index in [2.05, 4.69) is 9.97 Å². The molecule has 1 aromatic heterocycles. The van der Waals surface area contributed by atoms with E-state index in [0.29, 0.717) is 11.7 Å². The number of carbonyl (C=O) groups excluding carboxylic acids is 1. The van der Waals surface area contributed by atoms with Crippen molar-refractivity contribution in [2.45, 2.75) is 12.3 Å². The summed E-state index contributed by atoms with van der Waals surface area (Å²) < 4.78 is 0. The zero-order valence-electron chi connectivity index (χ0n) is 11.2. The summed E-state index contributed by atoms with van der Waals surface area (Å²) in [7, 11) is 0. The third-order valence-electron chi connectivity index (χ3n) is 4.05. The topological polar surface area (TPSA) is 45.8 Å². The van der Waals surface area contributed by atoms with Crippen LogP contribution in [0.25, 0.3) is 11.0 Å². The van der Waals surface area contributed by atoms with E-state index in [4.69, 9.17) is 11.6 Å². The second kappa shape index (κ2) is 4.71. The van der Waals surface area contributed by atoms with Crippen LogP contribution in [-0.4, -0.2) is 15.8 Å². The number of aromatic nitrogens is 2. The molecule has 4 rings (SSSR count). The van der Waals surface area contributed by atoms with Gasteiger partial charge >= 0.3 is 0 Å². The van der Waals surface area contributed by atoms with Crippen molar-refractivity contribution in [3.63, 3.8) is 0 Å². The van der Waals surface area contributed by atoms with E-state index in [1.165, 1.54) is 5.56 Å². The van der Waals surface area contributed by atoms with Crippen LogP contribution < -0.4 is 0 Å². The Bertz CT molecular complexity index is 789. The monoisotopic (exact) mass is 296 g/mol. The van der Waals surface area contributed by atoms with Gasteiger partial charge < -0.3 is 4.98 Å². The molecule has 1 heterocycles. The number of hydrogen-bond acceptors (Lipinski definition) is 2. The zero-order valence-corrected chi connectivity index (χ0v) is 12.0. The first-order valence-corrected chi connectivity index (χ1v) is 7.34. The summed E-state index contributed by atoms with van der Waals surface area (Å²) in [6.45, 7) is 0. The molecule has 0 unspecified atom stereocenters. The van der Waals surface area contributed by atoms with Crippen molar-refractivity contribution in [1.29, 1.82) is 0 Å². The SMILES string of the molecule is O=C(c1nc2ccccc2[nH]1)[C@@H]1C[C@H]1c1ccc(Cl)cc1. The van der Waals surface area contributed by atoms with E-state index in [0.717, 1.165) is 22.5 Å². The minimum absolute atomic E-state index is 0.0340. The van der Waals surface area contributed by atoms with Gasteiger partial charge in [-0.05, 0) is 42.2 Å². The van der Waals surface area contributed by atoms with Crippen LogP contribution in [0.4, 0.5) is 0 Å². The lowest BCUT2D eigenvalue weighted by Crippen LogP contribution is -2.05. The molecule has 2 aromatic carbocycles. The van der Waals surface area contributed by atoms with Crippen molar-refractivity contribution in [2.24, 2.45) is 5.92 Å². The lowest BCUT2D eigenvalue weighted by atomic mass is 10.1. The minimum Gasteiger partial charge on any atom is -0.335 e. The first kappa shape index (κ1) is 12.6. The number of benzene rings is 2. The molecule has 4 heteroatoms. The molecule has 2 atom stereocenters. The van der Waals surface area contributed by atoms with E-state index in [1.54, 1.807) is 0 Å². The Morgan fingerprint density at radius 1 is 1.14 bits per heavy atom. The van der Waals surface area contributed by atoms with Gasteiger partial charge in [-0.2, -0.15) is 0 Å². The Morgan fingerprint density at radius 2 is 1.90 bits per heavy atom. The van der Waals surface area contributed by atoms with Crippen LogP contribution in [-0.2, 0) is 0 Å². The van der Waals surface area contributed by atoms with Crippen LogP contribution in [0.3, 0.4) is 0 Å². The average Bonchev–Trinajstić information content (AvgIpc) is 3.18. The number of rotatable bonds is 3. The second-order valence-electron chi connectivity index (χ2n) is 5.47. The number of aromatic amines is 1. The van der Waals surface area contributed by atoms with E-state index >= 15 is 0 Å². The number of halogens is 1. The second-order valence-corrected chi connectivity index (χ2v) is 5.90. The highest BCUT2D eigenvalue weighted by Crippen LogP contribution is 2.49. The van der Waals surface area contributed by atoms with Crippen molar-refractivity contribution >= 4 is 28.4 Å². The fourth-order valence-corrected chi connectivity index (χ4v) is 2.93. The van der Waals surface area contributed by atoms with Crippen molar-refractivity contribution < 1.29 is 4.79 Å². The number of carbonyl (C=O) groups is 1. The van der Waals surface area contributed by atoms with Crippen LogP contribution in [0, 0.1) is 5.92 Å². The lowest BCUT2D eigenvalue weighted by molar-refractivity contribution is 0.0956. The van der Waals surface area contributed by atoms with Gasteiger partial charge in [-0.3, -0.25) is 4.79 Å². The Kier molecular flexibility index (Phi) is 2.82. The molecule has 1 saturated carbocycles. The number of hydrogen-bond donors (Lipinski definition) is 1. The Labute approximate surface area is 127 Å². The maximum atomic E-state index is 12.5. The molecule has 1 aliphatic carbocycles. The maximum Gasteiger partial charge on any atom is 0.201 e. The number of nitrogens with zero attached hydrogens (tertiary/aromatic N) is 1. The molecule has 3 nitrogen and oxygen atoms in total. The summed E-state index contributed by atoms with van der Waals surface area (Å²) in [5.41, 5.74) is 2.92. The lowest BCUT2D eigenvalue weighted by Gasteiger charge is -1.99. The van der Waals surface area contributed by atoms with Gasteiger partial charge in [0.05, 0.1) is 11.0 Å². The summed E-state index contributed by atoms with van der Waals surface area (Å²) in [6, 6.07) is 15.4. The van der Waals surface area contributed by atoms with Gasteiger partial charge in [0.1, 0.15) is 0 Å². The third kappa shape index (κ3) is 2.24. The average molecular weight is 297 g/mol. The van der Waals surface area contributed by atoms with Crippen LogP contribution in [0.2, 0.25) is 5.02 Å². The van der Waals surface area contributed by atoms with Gasteiger partial charge in [0.2, 0.25) is 5.78 Å². The molecular weight excluding hydrogens is 284 g/mol. The van der Waals surface area contributed by atoms with Crippen molar-refractivity contribution in [2.75, 3.05) is 0 Å². The van der Waals surface area contributed by atoms with Crippen molar-refractivity contribution in [3.8, 4) is 0 Å². The molecule has 1 aliphatic rings. The van der Waals surface area contributed by atoms with E-state index in [-0.39, 0.29) is 11.7 Å². The number of H-pyrrole nitrogens is 1. The van der Waals surface area contributed by atoms with Crippen molar-refractivity contribution in [1.82, 2.24) is 9.97 Å². The van der Waals surface area contributed by atoms with Gasteiger partial charge in [0.15, 0.2) is 5.82 Å². The Hall–Kier alpha value is -2.13. The minimum atomic E-state index is 0.0340. The first-order chi connectivity index (χ1) is 10.2. The van der Waals surface area contributed by atoms with Gasteiger partial charge in [-0.25, -0.2) is 4.98 Å². The maximum absolute atomic E-state index is 12.5. The summed E-state index contributed by atoms with van der Waals surface area (Å²) in [6.07, 6.45) is 0.886. The first-order valence-electron chi connectivity index (χ1n) is 6.97. The molecule has 1 N–H and O–H groups in total. The number of fused-ring (bicyclic) bond motifs is 1. The predicted molar refractivity (Wildman–Crippen MR) is 82.7 cm³/mol. The van der Waals surface area contributed by atoms with Gasteiger partial charge in [-0.15, -0.1) is 0 Å². The number of imidazole rings is 1. The molecule has 0 spiro atoms. The summed E-state index contributed by atoms with van der Waals surface area (Å²) in [5, 5.41) is 0.722. The molecular formula is C17H13ClN2O. The van der Waals surface area contributed by atoms with Crippen LogP contribution in [0.1, 0.15) is 28.5 Å². The molecule has 1 fully saturated rings. The fraction of sp³-hybridized carbons (Fsp3) is 0.176. The Balaban J connectivity index is 1.57. The largest absolute Gasteiger partial charge is 0.335 e. The fourth-order valence-electron chi connectivity index (χ4n) is 2.81. The summed E-state index contributed by atoms with van der Waals surface area (Å²) >= 11 is 5.89. The molecule has 0 radical (unpaired) electrons. The highest BCUT2D eigenvalue weighted by molar-refractivity contribution is 6.30. The molecule has 0 saturated heterocycles. The number of nitrogens with one attached hydrogen (secondary N) is 1. The van der Waals surface area contributed by atoms with E-state index < -0.39 is 0 Å². The van der Waals surface area contributed by atoms with Crippen LogP contribution in [0.15, 0.2) is 48.5 Å². The number of Topliss-reactive ketones (excluding diaryl/α,β-unsaturated/α-hetero) is 1. The molecule has 104 valence electrons. The summed E-state index contributed by atoms with van der Waals surface area (Å²) in [4.78, 5) is 20.0. The van der Waals surface area contributed by atoms with Gasteiger partial charge in [0.25, 0.3) is 0 Å². The van der Waals surface area contributed by atoms with Crippen LogP contribution in [0.5, 0.6) is 0 Å². The molecule has 0 bridgehead atoms. The molecule has 0 amide bonds. The zero-order chi connectivity index (χ0) is 14.4. The molecule has 0 aliphatic heterocycles. The van der Waals surface area contributed by atoms with E-state index in [9.17, 15) is 4.79 Å². The van der Waals surface area contributed by atoms with Crippen LogP contribution >= 0.6 is 11.6 Å². The standard InChI is InChI=1S/C17H13ClN2O/c18-11-7-5-10(6-8-11)12-9-13(12)16(21)17-19-14-3-1-2-4-15(14)20-17/h1-8,12-13H,9H2,(H,19,20)/t12-,13+/m0/s1.